The van der Waals surface area contributed by atoms with Crippen molar-refractivity contribution >= 4 is 0 Å². The van der Waals surface area contributed by atoms with Gasteiger partial charge in [0.2, 0.25) is 0 Å². The third kappa shape index (κ3) is 8.31. The molecule has 84 valence electrons. The van der Waals surface area contributed by atoms with E-state index in [0.29, 0.717) is 5.92 Å². The van der Waals surface area contributed by atoms with Gasteiger partial charge in [0.15, 0.2) is 0 Å². The Labute approximate surface area is 89.8 Å². The van der Waals surface area contributed by atoms with Crippen LogP contribution in [0.3, 0.4) is 0 Å². The molecule has 0 spiro atoms. The van der Waals surface area contributed by atoms with Gasteiger partial charge in [0, 0.05) is 0 Å². The van der Waals surface area contributed by atoms with Crippen LogP contribution in [-0.2, 0) is 0 Å². The van der Waals surface area contributed by atoms with Gasteiger partial charge in [0.1, 0.15) is 0 Å². The number of rotatable bonds is 9. The SMILES string of the molecule is C=C(CCCCC)CCCC(C)CN. The van der Waals surface area contributed by atoms with E-state index in [4.69, 9.17) is 5.73 Å². The van der Waals surface area contributed by atoms with E-state index < -0.39 is 0 Å². The van der Waals surface area contributed by atoms with Crippen molar-refractivity contribution in [1.29, 1.82) is 0 Å². The summed E-state index contributed by atoms with van der Waals surface area (Å²) in [6, 6.07) is 0. The largest absolute Gasteiger partial charge is 0.330 e. The van der Waals surface area contributed by atoms with E-state index in [-0.39, 0.29) is 0 Å². The lowest BCUT2D eigenvalue weighted by Gasteiger charge is -2.09. The van der Waals surface area contributed by atoms with Gasteiger partial charge < -0.3 is 5.73 Å². The van der Waals surface area contributed by atoms with Gasteiger partial charge in [-0.15, -0.1) is 0 Å². The molecule has 0 radical (unpaired) electrons. The van der Waals surface area contributed by atoms with Gasteiger partial charge in [0.05, 0.1) is 0 Å². The molecule has 0 saturated heterocycles. The van der Waals surface area contributed by atoms with Gasteiger partial charge in [0.25, 0.3) is 0 Å². The van der Waals surface area contributed by atoms with Crippen LogP contribution in [0.5, 0.6) is 0 Å². The first-order chi connectivity index (χ1) is 6.70. The first kappa shape index (κ1) is 13.7. The second-order valence-electron chi connectivity index (χ2n) is 4.44. The summed E-state index contributed by atoms with van der Waals surface area (Å²) >= 11 is 0. The summed E-state index contributed by atoms with van der Waals surface area (Å²) in [5.41, 5.74) is 7.00. The molecule has 0 aliphatic rings. The minimum Gasteiger partial charge on any atom is -0.330 e. The van der Waals surface area contributed by atoms with Crippen molar-refractivity contribution in [1.82, 2.24) is 0 Å². The molecule has 1 heteroatoms. The molecule has 14 heavy (non-hydrogen) atoms. The van der Waals surface area contributed by atoms with E-state index in [0.717, 1.165) is 6.54 Å². The molecular weight excluding hydrogens is 170 g/mol. The monoisotopic (exact) mass is 197 g/mol. The maximum atomic E-state index is 5.56. The minimum absolute atomic E-state index is 0.679. The summed E-state index contributed by atoms with van der Waals surface area (Å²) in [5.74, 6) is 0.679. The number of hydrogen-bond donors (Lipinski definition) is 1. The highest BCUT2D eigenvalue weighted by molar-refractivity contribution is 4.93. The Morgan fingerprint density at radius 3 is 2.43 bits per heavy atom. The van der Waals surface area contributed by atoms with Gasteiger partial charge >= 0.3 is 0 Å². The quantitative estimate of drug-likeness (QED) is 0.440. The highest BCUT2D eigenvalue weighted by Crippen LogP contribution is 2.15. The average Bonchev–Trinajstić information content (AvgIpc) is 2.18. The van der Waals surface area contributed by atoms with Gasteiger partial charge in [-0.05, 0) is 44.6 Å². The Morgan fingerprint density at radius 1 is 1.21 bits per heavy atom. The Bertz CT molecular complexity index is 140. The predicted octanol–water partition coefficient (Wildman–Crippen LogP) is 3.89. The zero-order chi connectivity index (χ0) is 10.8. The molecule has 0 bridgehead atoms. The van der Waals surface area contributed by atoms with Crippen molar-refractivity contribution < 1.29 is 0 Å². The van der Waals surface area contributed by atoms with Crippen LogP contribution in [0.15, 0.2) is 12.2 Å². The predicted molar refractivity (Wildman–Crippen MR) is 65.4 cm³/mol. The van der Waals surface area contributed by atoms with E-state index >= 15 is 0 Å². The van der Waals surface area contributed by atoms with Crippen LogP contribution in [-0.4, -0.2) is 6.54 Å². The van der Waals surface area contributed by atoms with Crippen molar-refractivity contribution in [2.45, 2.75) is 58.8 Å². The molecule has 0 aromatic rings. The maximum absolute atomic E-state index is 5.56. The summed E-state index contributed by atoms with van der Waals surface area (Å²) in [7, 11) is 0. The van der Waals surface area contributed by atoms with Crippen LogP contribution < -0.4 is 5.73 Å². The molecular formula is C13H27N. The van der Waals surface area contributed by atoms with E-state index in [2.05, 4.69) is 20.4 Å². The van der Waals surface area contributed by atoms with Crippen LogP contribution in [0.25, 0.3) is 0 Å². The first-order valence-electron chi connectivity index (χ1n) is 6.07. The molecule has 0 rings (SSSR count). The second kappa shape index (κ2) is 9.26. The summed E-state index contributed by atoms with van der Waals surface area (Å²) < 4.78 is 0. The standard InChI is InChI=1S/C13H27N/c1-4-5-6-8-12(2)9-7-10-13(3)11-14/h13H,2,4-11,14H2,1,3H3. The van der Waals surface area contributed by atoms with E-state index in [1.54, 1.807) is 0 Å². The van der Waals surface area contributed by atoms with Crippen LogP contribution in [0.4, 0.5) is 0 Å². The maximum Gasteiger partial charge on any atom is -0.00515 e. The number of nitrogens with two attached hydrogens (primary N) is 1. The van der Waals surface area contributed by atoms with Crippen molar-refractivity contribution in [3.63, 3.8) is 0 Å². The molecule has 1 atom stereocenters. The zero-order valence-electron chi connectivity index (χ0n) is 10.0. The van der Waals surface area contributed by atoms with Crippen LogP contribution in [0.1, 0.15) is 58.8 Å². The fourth-order valence-electron chi connectivity index (χ4n) is 1.57. The Hall–Kier alpha value is -0.300. The molecule has 0 saturated carbocycles. The van der Waals surface area contributed by atoms with Crippen LogP contribution in [0, 0.1) is 5.92 Å². The lowest BCUT2D eigenvalue weighted by atomic mass is 9.99. The van der Waals surface area contributed by atoms with Crippen LogP contribution >= 0.6 is 0 Å². The third-order valence-electron chi connectivity index (χ3n) is 2.76. The smallest absolute Gasteiger partial charge is 0.00515 e. The highest BCUT2D eigenvalue weighted by Gasteiger charge is 2.00. The Balaban J connectivity index is 3.26. The van der Waals surface area contributed by atoms with Crippen molar-refractivity contribution in [2.24, 2.45) is 11.7 Å². The molecule has 0 aromatic carbocycles. The lowest BCUT2D eigenvalue weighted by Crippen LogP contribution is -2.10. The van der Waals surface area contributed by atoms with Crippen LogP contribution in [0.2, 0.25) is 0 Å². The fraction of sp³-hybridized carbons (Fsp3) is 0.846. The molecule has 0 fully saturated rings. The average molecular weight is 197 g/mol. The number of hydrogen-bond acceptors (Lipinski definition) is 1. The van der Waals surface area contributed by atoms with Gasteiger partial charge in [-0.2, -0.15) is 0 Å². The number of allylic oxidation sites excluding steroid dienone is 1. The van der Waals surface area contributed by atoms with Crippen molar-refractivity contribution in [3.8, 4) is 0 Å². The van der Waals surface area contributed by atoms with E-state index in [1.807, 2.05) is 0 Å². The number of unbranched alkanes of at least 4 members (excludes halogenated alkanes) is 2. The molecule has 2 N–H and O–H groups in total. The van der Waals surface area contributed by atoms with Gasteiger partial charge in [-0.25, -0.2) is 0 Å². The molecule has 1 nitrogen and oxygen atoms in total. The summed E-state index contributed by atoms with van der Waals surface area (Å²) in [6.45, 7) is 9.40. The molecule has 0 amide bonds. The molecule has 1 unspecified atom stereocenters. The van der Waals surface area contributed by atoms with Crippen molar-refractivity contribution in [3.05, 3.63) is 12.2 Å². The highest BCUT2D eigenvalue weighted by atomic mass is 14.5. The Morgan fingerprint density at radius 2 is 1.86 bits per heavy atom. The molecule has 0 aromatic heterocycles. The zero-order valence-corrected chi connectivity index (χ0v) is 10.0. The third-order valence-corrected chi connectivity index (χ3v) is 2.76. The Kier molecular flexibility index (Phi) is 9.06. The topological polar surface area (TPSA) is 26.0 Å². The fourth-order valence-corrected chi connectivity index (χ4v) is 1.57. The summed E-state index contributed by atoms with van der Waals surface area (Å²) in [4.78, 5) is 0. The molecule has 0 aliphatic heterocycles. The molecule has 0 heterocycles. The lowest BCUT2D eigenvalue weighted by molar-refractivity contribution is 0.516. The summed E-state index contributed by atoms with van der Waals surface area (Å²) in [5, 5.41) is 0. The first-order valence-corrected chi connectivity index (χ1v) is 6.07. The van der Waals surface area contributed by atoms with E-state index in [1.165, 1.54) is 50.5 Å². The summed E-state index contributed by atoms with van der Waals surface area (Å²) in [6.07, 6.45) is 8.92. The van der Waals surface area contributed by atoms with Gasteiger partial charge in [-0.3, -0.25) is 0 Å². The molecule has 0 aliphatic carbocycles. The minimum atomic E-state index is 0.679. The van der Waals surface area contributed by atoms with Gasteiger partial charge in [-0.1, -0.05) is 38.8 Å². The second-order valence-corrected chi connectivity index (χ2v) is 4.44. The normalized spacial score (nSPS) is 12.8. The van der Waals surface area contributed by atoms with Crippen molar-refractivity contribution in [2.75, 3.05) is 6.54 Å². The van der Waals surface area contributed by atoms with E-state index in [9.17, 15) is 0 Å².